The average molecular weight is 419 g/mol. The molecule has 0 saturated carbocycles. The topological polar surface area (TPSA) is 82.6 Å². The minimum Gasteiger partial charge on any atom is -0.332 e. The van der Waals surface area contributed by atoms with Crippen LogP contribution in [0.4, 0.5) is 5.00 Å². The van der Waals surface area contributed by atoms with Crippen LogP contribution in [0, 0.1) is 6.92 Å². The molecule has 4 rings (SSSR count). The van der Waals surface area contributed by atoms with Gasteiger partial charge in [-0.3, -0.25) is 14.4 Å². The number of hydrogen-bond acceptors (Lipinski definition) is 6. The molecule has 148 valence electrons. The first kappa shape index (κ1) is 19.1. The van der Waals surface area contributed by atoms with Crippen LogP contribution in [0.15, 0.2) is 0 Å². The lowest BCUT2D eigenvalue weighted by Gasteiger charge is -2.27. The molecule has 0 unspecified atom stereocenters. The summed E-state index contributed by atoms with van der Waals surface area (Å²) in [6.07, 6.45) is 0.608. The Kier molecular flexibility index (Phi) is 4.75. The Balaban J connectivity index is 1.63. The van der Waals surface area contributed by atoms with Gasteiger partial charge in [0, 0.05) is 24.4 Å². The maximum Gasteiger partial charge on any atom is 0.266 e. The molecule has 7 nitrogen and oxygen atoms in total. The second kappa shape index (κ2) is 6.97. The number of nitrogens with zero attached hydrogens (tertiary/aromatic N) is 3. The van der Waals surface area contributed by atoms with Crippen LogP contribution < -0.4 is 5.32 Å². The summed E-state index contributed by atoms with van der Waals surface area (Å²) in [4.78, 5) is 47.3. The molecule has 0 bridgehead atoms. The summed E-state index contributed by atoms with van der Waals surface area (Å²) in [5.74, 6) is -0.0467. The third kappa shape index (κ3) is 3.12. The van der Waals surface area contributed by atoms with Crippen LogP contribution in [-0.4, -0.2) is 52.6 Å². The van der Waals surface area contributed by atoms with Gasteiger partial charge in [-0.2, -0.15) is 0 Å². The molecule has 0 atom stereocenters. The summed E-state index contributed by atoms with van der Waals surface area (Å²) in [6, 6.07) is 0. The van der Waals surface area contributed by atoms with Crippen molar-refractivity contribution in [3.8, 4) is 0 Å². The highest BCUT2D eigenvalue weighted by atomic mass is 32.1. The van der Waals surface area contributed by atoms with E-state index in [9.17, 15) is 14.4 Å². The van der Waals surface area contributed by atoms with Gasteiger partial charge in [-0.15, -0.1) is 22.7 Å². The van der Waals surface area contributed by atoms with Crippen LogP contribution in [0.25, 0.3) is 0 Å². The van der Waals surface area contributed by atoms with Gasteiger partial charge in [0.05, 0.1) is 29.4 Å². The van der Waals surface area contributed by atoms with Crippen molar-refractivity contribution < 1.29 is 14.4 Å². The van der Waals surface area contributed by atoms with Crippen molar-refractivity contribution in [1.82, 2.24) is 14.8 Å². The fourth-order valence-electron chi connectivity index (χ4n) is 3.54. The number of likely N-dealkylation sites (N-methyl/N-ethyl adjacent to an activating group) is 1. The fourth-order valence-corrected chi connectivity index (χ4v) is 5.85. The summed E-state index contributed by atoms with van der Waals surface area (Å²) in [6.45, 7) is 7.08. The Morgan fingerprint density at radius 2 is 1.96 bits per heavy atom. The number of fused-ring (bicyclic) bond motifs is 3. The molecule has 0 fully saturated rings. The number of carbonyl (C=O) groups is 3. The minimum atomic E-state index is -0.192. The van der Waals surface area contributed by atoms with Crippen LogP contribution in [0.3, 0.4) is 0 Å². The first-order valence-corrected chi connectivity index (χ1v) is 10.9. The lowest BCUT2D eigenvalue weighted by Crippen LogP contribution is -2.36. The van der Waals surface area contributed by atoms with E-state index in [0.717, 1.165) is 21.1 Å². The van der Waals surface area contributed by atoms with Crippen molar-refractivity contribution in [1.29, 1.82) is 0 Å². The summed E-state index contributed by atoms with van der Waals surface area (Å²) in [5, 5.41) is 4.42. The van der Waals surface area contributed by atoms with Gasteiger partial charge in [-0.25, -0.2) is 4.98 Å². The number of nitrogens with one attached hydrogen (secondary N) is 1. The van der Waals surface area contributed by atoms with E-state index in [1.807, 2.05) is 11.8 Å². The standard InChI is InChI=1S/C19H22N4O3S2/c1-9(2)16-20-10(3)15(28-16)19(26)23-6-5-11-12(7-23)27-17-14(11)18(25)22(4)8-13(24)21-17/h9H,5-8H2,1-4H3,(H,21,24). The van der Waals surface area contributed by atoms with Crippen LogP contribution in [0.2, 0.25) is 0 Å². The zero-order valence-electron chi connectivity index (χ0n) is 16.3. The molecule has 0 aliphatic carbocycles. The number of anilines is 1. The number of thiophene rings is 1. The number of carbonyl (C=O) groups excluding carboxylic acids is 3. The lowest BCUT2D eigenvalue weighted by molar-refractivity contribution is -0.116. The highest BCUT2D eigenvalue weighted by molar-refractivity contribution is 7.17. The first-order chi connectivity index (χ1) is 13.3. The van der Waals surface area contributed by atoms with E-state index in [1.165, 1.54) is 27.6 Å². The maximum absolute atomic E-state index is 13.1. The molecule has 0 spiro atoms. The Bertz CT molecular complexity index is 992. The summed E-state index contributed by atoms with van der Waals surface area (Å²) < 4.78 is 0. The van der Waals surface area contributed by atoms with Gasteiger partial charge in [0.2, 0.25) is 5.91 Å². The highest BCUT2D eigenvalue weighted by Gasteiger charge is 2.34. The third-order valence-corrected chi connectivity index (χ3v) is 7.62. The number of thiazole rings is 1. The summed E-state index contributed by atoms with van der Waals surface area (Å²) in [5.41, 5.74) is 2.33. The average Bonchev–Trinajstić information content (AvgIpc) is 3.17. The normalized spacial score (nSPS) is 16.8. The van der Waals surface area contributed by atoms with Gasteiger partial charge in [0.1, 0.15) is 9.88 Å². The monoisotopic (exact) mass is 418 g/mol. The number of hydrogen-bond donors (Lipinski definition) is 1. The van der Waals surface area contributed by atoms with Crippen molar-refractivity contribution in [2.45, 2.75) is 39.7 Å². The van der Waals surface area contributed by atoms with E-state index in [-0.39, 0.29) is 30.2 Å². The molecule has 0 saturated heterocycles. The molecule has 0 aromatic carbocycles. The molecule has 3 amide bonds. The van der Waals surface area contributed by atoms with Gasteiger partial charge >= 0.3 is 0 Å². The van der Waals surface area contributed by atoms with Crippen LogP contribution in [0.5, 0.6) is 0 Å². The largest absolute Gasteiger partial charge is 0.332 e. The van der Waals surface area contributed by atoms with Crippen LogP contribution in [-0.2, 0) is 17.8 Å². The van der Waals surface area contributed by atoms with Crippen LogP contribution >= 0.6 is 22.7 Å². The Labute approximate surface area is 171 Å². The molecule has 2 aliphatic rings. The van der Waals surface area contributed by atoms with Crippen molar-refractivity contribution in [3.05, 3.63) is 31.6 Å². The molecule has 1 N–H and O–H groups in total. The van der Waals surface area contributed by atoms with E-state index in [4.69, 9.17) is 0 Å². The van der Waals surface area contributed by atoms with Gasteiger partial charge in [0.25, 0.3) is 11.8 Å². The number of amides is 3. The van der Waals surface area contributed by atoms with E-state index in [1.54, 1.807) is 7.05 Å². The Morgan fingerprint density at radius 3 is 2.64 bits per heavy atom. The molecule has 9 heteroatoms. The minimum absolute atomic E-state index is 0.0105. The Morgan fingerprint density at radius 1 is 1.21 bits per heavy atom. The molecule has 2 aliphatic heterocycles. The number of aromatic nitrogens is 1. The van der Waals surface area contributed by atoms with Crippen molar-refractivity contribution >= 4 is 45.4 Å². The lowest BCUT2D eigenvalue weighted by atomic mass is 10.0. The Hall–Kier alpha value is -2.26. The van der Waals surface area contributed by atoms with Gasteiger partial charge in [-0.1, -0.05) is 13.8 Å². The van der Waals surface area contributed by atoms with E-state index >= 15 is 0 Å². The van der Waals surface area contributed by atoms with Gasteiger partial charge in [-0.05, 0) is 18.9 Å². The molecule has 4 heterocycles. The quantitative estimate of drug-likeness (QED) is 0.813. The molecule has 28 heavy (non-hydrogen) atoms. The predicted molar refractivity (Wildman–Crippen MR) is 109 cm³/mol. The highest BCUT2D eigenvalue weighted by Crippen LogP contribution is 2.39. The van der Waals surface area contributed by atoms with E-state index in [2.05, 4.69) is 24.1 Å². The van der Waals surface area contributed by atoms with Crippen LogP contribution in [0.1, 0.15) is 60.9 Å². The number of aryl methyl sites for hydroxylation is 1. The second-order valence-corrected chi connectivity index (χ2v) is 9.65. The zero-order chi connectivity index (χ0) is 20.2. The fraction of sp³-hybridized carbons (Fsp3) is 0.474. The van der Waals surface area contributed by atoms with E-state index < -0.39 is 0 Å². The molecular weight excluding hydrogens is 396 g/mol. The molecule has 2 aromatic heterocycles. The first-order valence-electron chi connectivity index (χ1n) is 9.22. The molecular formula is C19H22N4O3S2. The number of rotatable bonds is 2. The SMILES string of the molecule is Cc1nc(C(C)C)sc1C(=O)N1CCc2c(sc3c2C(=O)N(C)CC(=O)N3)C1. The molecule has 2 aromatic rings. The summed E-state index contributed by atoms with van der Waals surface area (Å²) >= 11 is 2.87. The maximum atomic E-state index is 13.1. The van der Waals surface area contributed by atoms with Gasteiger partial charge < -0.3 is 15.1 Å². The second-order valence-electron chi connectivity index (χ2n) is 7.52. The van der Waals surface area contributed by atoms with Crippen molar-refractivity contribution in [2.75, 3.05) is 25.5 Å². The predicted octanol–water partition coefficient (Wildman–Crippen LogP) is 2.86. The summed E-state index contributed by atoms with van der Waals surface area (Å²) in [7, 11) is 1.64. The van der Waals surface area contributed by atoms with E-state index in [0.29, 0.717) is 35.0 Å². The smallest absolute Gasteiger partial charge is 0.266 e. The third-order valence-electron chi connectivity index (χ3n) is 5.04. The van der Waals surface area contributed by atoms with Gasteiger partial charge in [0.15, 0.2) is 0 Å². The zero-order valence-corrected chi connectivity index (χ0v) is 17.9. The van der Waals surface area contributed by atoms with Crippen molar-refractivity contribution in [3.63, 3.8) is 0 Å². The molecule has 0 radical (unpaired) electrons. The van der Waals surface area contributed by atoms with Crippen molar-refractivity contribution in [2.24, 2.45) is 0 Å².